The lowest BCUT2D eigenvalue weighted by atomic mass is 9.96. The molecule has 0 aliphatic heterocycles. The molecule has 0 radical (unpaired) electrons. The van der Waals surface area contributed by atoms with Crippen molar-refractivity contribution in [3.05, 3.63) is 0 Å². The number of halogens is 10. The van der Waals surface area contributed by atoms with E-state index in [9.17, 15) is 43.9 Å². The van der Waals surface area contributed by atoms with Crippen LogP contribution in [0.4, 0.5) is 43.9 Å². The Balaban J connectivity index is 5.38. The molecule has 0 nitrogen and oxygen atoms in total. The van der Waals surface area contributed by atoms with Gasteiger partial charge in [-0.25, -0.2) is 13.2 Å². The van der Waals surface area contributed by atoms with Crippen LogP contribution in [0.3, 0.4) is 0 Å². The van der Waals surface area contributed by atoms with E-state index in [0.717, 1.165) is 0 Å². The molecule has 1 unspecified atom stereocenters. The summed E-state index contributed by atoms with van der Waals surface area (Å²) in [7, 11) is 0. The zero-order chi connectivity index (χ0) is 13.4. The molecular weight excluding hydrogens is 262 g/mol. The molecule has 1 atom stereocenters. The van der Waals surface area contributed by atoms with Crippen molar-refractivity contribution in [3.63, 3.8) is 0 Å². The van der Waals surface area contributed by atoms with E-state index >= 15 is 0 Å². The quantitative estimate of drug-likeness (QED) is 0.681. The van der Waals surface area contributed by atoms with Gasteiger partial charge in [-0.05, 0) is 0 Å². The molecule has 0 saturated carbocycles. The molecule has 0 aliphatic rings. The number of rotatable bonds is 4. The predicted molar refractivity (Wildman–Crippen MR) is 31.4 cm³/mol. The fourth-order valence-corrected chi connectivity index (χ4v) is 0.823. The van der Waals surface area contributed by atoms with Crippen LogP contribution in [0.1, 0.15) is 0 Å². The molecule has 0 amide bonds. The Morgan fingerprint density at radius 3 is 1.38 bits per heavy atom. The second kappa shape index (κ2) is 4.28. The summed E-state index contributed by atoms with van der Waals surface area (Å²) < 4.78 is 119. The Kier molecular flexibility index (Phi) is 4.10. The molecule has 0 aromatic carbocycles. The molecule has 98 valence electrons. The van der Waals surface area contributed by atoms with Crippen molar-refractivity contribution in [1.82, 2.24) is 0 Å². The van der Waals surface area contributed by atoms with Crippen LogP contribution in [0, 0.1) is 5.92 Å². The molecule has 0 aromatic rings. The SMILES string of the molecule is FCC(F)(F)C(F)(F)C(C(F)F)C(F)(F)F. The van der Waals surface area contributed by atoms with E-state index in [2.05, 4.69) is 0 Å². The summed E-state index contributed by atoms with van der Waals surface area (Å²) in [4.78, 5) is 0. The molecule has 0 spiro atoms. The average molecular weight is 266 g/mol. The Labute approximate surface area is 82.2 Å². The molecule has 0 aliphatic carbocycles. The molecule has 0 aromatic heterocycles. The first-order chi connectivity index (χ1) is 6.88. The third kappa shape index (κ3) is 2.70. The summed E-state index contributed by atoms with van der Waals surface area (Å²) >= 11 is 0. The van der Waals surface area contributed by atoms with E-state index < -0.39 is 37.0 Å². The van der Waals surface area contributed by atoms with Crippen molar-refractivity contribution in [1.29, 1.82) is 0 Å². The second-order valence-electron chi connectivity index (χ2n) is 2.81. The van der Waals surface area contributed by atoms with Gasteiger partial charge in [-0.1, -0.05) is 0 Å². The van der Waals surface area contributed by atoms with Gasteiger partial charge < -0.3 is 0 Å². The van der Waals surface area contributed by atoms with Gasteiger partial charge >= 0.3 is 18.0 Å². The van der Waals surface area contributed by atoms with Crippen LogP contribution in [-0.2, 0) is 0 Å². The number of alkyl halides is 10. The van der Waals surface area contributed by atoms with Gasteiger partial charge in [0.05, 0.1) is 0 Å². The molecular formula is C6H4F10. The minimum absolute atomic E-state index is 3.17. The van der Waals surface area contributed by atoms with Gasteiger partial charge in [-0.15, -0.1) is 0 Å². The number of hydrogen-bond donors (Lipinski definition) is 0. The van der Waals surface area contributed by atoms with Crippen molar-refractivity contribution < 1.29 is 43.9 Å². The average Bonchev–Trinajstić information content (AvgIpc) is 1.99. The number of hydrogen-bond acceptors (Lipinski definition) is 0. The zero-order valence-electron chi connectivity index (χ0n) is 7.14. The van der Waals surface area contributed by atoms with Crippen LogP contribution in [-0.4, -0.2) is 31.1 Å². The van der Waals surface area contributed by atoms with E-state index in [1.165, 1.54) is 0 Å². The summed E-state index contributed by atoms with van der Waals surface area (Å²) in [6.45, 7) is -3.17. The molecule has 0 heterocycles. The Morgan fingerprint density at radius 2 is 1.19 bits per heavy atom. The van der Waals surface area contributed by atoms with Crippen LogP contribution >= 0.6 is 0 Å². The third-order valence-corrected chi connectivity index (χ3v) is 1.65. The van der Waals surface area contributed by atoms with E-state index in [4.69, 9.17) is 0 Å². The van der Waals surface area contributed by atoms with E-state index in [1.807, 2.05) is 0 Å². The van der Waals surface area contributed by atoms with Gasteiger partial charge in [0.25, 0.3) is 6.43 Å². The fourth-order valence-electron chi connectivity index (χ4n) is 0.823. The zero-order valence-corrected chi connectivity index (χ0v) is 7.14. The minimum atomic E-state index is -6.27. The lowest BCUT2D eigenvalue weighted by Crippen LogP contribution is -2.55. The first kappa shape index (κ1) is 15.3. The highest BCUT2D eigenvalue weighted by molar-refractivity contribution is 4.94. The summed E-state index contributed by atoms with van der Waals surface area (Å²) in [6, 6.07) is 0. The lowest BCUT2D eigenvalue weighted by Gasteiger charge is -2.32. The molecule has 0 bridgehead atoms. The van der Waals surface area contributed by atoms with Gasteiger partial charge in [-0.2, -0.15) is 30.7 Å². The molecule has 0 saturated heterocycles. The second-order valence-corrected chi connectivity index (χ2v) is 2.81. The normalized spacial score (nSPS) is 16.7. The Hall–Kier alpha value is -0.700. The van der Waals surface area contributed by atoms with Crippen molar-refractivity contribution in [2.45, 2.75) is 24.4 Å². The lowest BCUT2D eigenvalue weighted by molar-refractivity contribution is -0.329. The minimum Gasteiger partial charge on any atom is -0.244 e. The Bertz CT molecular complexity index is 228. The van der Waals surface area contributed by atoms with Crippen LogP contribution in [0.25, 0.3) is 0 Å². The Morgan fingerprint density at radius 1 is 0.812 bits per heavy atom. The summed E-state index contributed by atoms with van der Waals surface area (Å²) in [5.41, 5.74) is 0. The van der Waals surface area contributed by atoms with E-state index in [-0.39, 0.29) is 0 Å². The standard InChI is InChI=1S/C6H4F10/c7-1-4(10,11)5(12,13)2(3(8)9)6(14,15)16/h2-3H,1H2. The summed E-state index contributed by atoms with van der Waals surface area (Å²) in [5.74, 6) is -16.9. The molecule has 16 heavy (non-hydrogen) atoms. The van der Waals surface area contributed by atoms with Crippen molar-refractivity contribution in [2.24, 2.45) is 5.92 Å². The van der Waals surface area contributed by atoms with Crippen LogP contribution in [0.2, 0.25) is 0 Å². The van der Waals surface area contributed by atoms with Crippen molar-refractivity contribution >= 4 is 0 Å². The maximum Gasteiger partial charge on any atom is 0.403 e. The maximum absolute atomic E-state index is 12.4. The van der Waals surface area contributed by atoms with Crippen LogP contribution < -0.4 is 0 Å². The molecule has 0 N–H and O–H groups in total. The van der Waals surface area contributed by atoms with Gasteiger partial charge in [0, 0.05) is 0 Å². The monoisotopic (exact) mass is 266 g/mol. The third-order valence-electron chi connectivity index (χ3n) is 1.65. The highest BCUT2D eigenvalue weighted by Gasteiger charge is 2.71. The van der Waals surface area contributed by atoms with Gasteiger partial charge in [-0.3, -0.25) is 0 Å². The fraction of sp³-hybridized carbons (Fsp3) is 1.00. The topological polar surface area (TPSA) is 0 Å². The van der Waals surface area contributed by atoms with E-state index in [0.29, 0.717) is 0 Å². The molecule has 10 heteroatoms. The highest BCUT2D eigenvalue weighted by Crippen LogP contribution is 2.49. The largest absolute Gasteiger partial charge is 0.403 e. The predicted octanol–water partition coefficient (Wildman–Crippen LogP) is 3.67. The first-order valence-electron chi connectivity index (χ1n) is 3.54. The van der Waals surface area contributed by atoms with Gasteiger partial charge in [0.2, 0.25) is 0 Å². The highest BCUT2D eigenvalue weighted by atomic mass is 19.4. The van der Waals surface area contributed by atoms with Gasteiger partial charge in [0.15, 0.2) is 12.6 Å². The first-order valence-corrected chi connectivity index (χ1v) is 3.54. The maximum atomic E-state index is 12.4. The summed E-state index contributed by atoms with van der Waals surface area (Å²) in [6.07, 6.45) is -11.1. The smallest absolute Gasteiger partial charge is 0.244 e. The molecule has 0 rings (SSSR count). The van der Waals surface area contributed by atoms with Crippen LogP contribution in [0.15, 0.2) is 0 Å². The van der Waals surface area contributed by atoms with Crippen LogP contribution in [0.5, 0.6) is 0 Å². The van der Waals surface area contributed by atoms with Crippen molar-refractivity contribution in [3.8, 4) is 0 Å². The van der Waals surface area contributed by atoms with E-state index in [1.54, 1.807) is 0 Å². The summed E-state index contributed by atoms with van der Waals surface area (Å²) in [5, 5.41) is 0. The molecule has 0 fully saturated rings. The van der Waals surface area contributed by atoms with Crippen molar-refractivity contribution in [2.75, 3.05) is 6.67 Å². The van der Waals surface area contributed by atoms with Gasteiger partial charge in [0.1, 0.15) is 0 Å².